The molecule has 0 N–H and O–H groups in total. The molecule has 0 spiro atoms. The van der Waals surface area contributed by atoms with Crippen LogP contribution in [0.25, 0.3) is 0 Å². The highest BCUT2D eigenvalue weighted by atomic mass is 19.4. The highest BCUT2D eigenvalue weighted by Gasteiger charge is 2.39. The van der Waals surface area contributed by atoms with Gasteiger partial charge in [0.2, 0.25) is 5.82 Å². The number of halogens is 3. The summed E-state index contributed by atoms with van der Waals surface area (Å²) >= 11 is 0. The minimum atomic E-state index is -4.51. The maximum Gasteiger partial charge on any atom is 0.451 e. The van der Waals surface area contributed by atoms with E-state index in [0.29, 0.717) is 24.8 Å². The van der Waals surface area contributed by atoms with Crippen LogP contribution in [0.5, 0.6) is 0 Å². The van der Waals surface area contributed by atoms with Crippen LogP contribution in [0.15, 0.2) is 6.07 Å². The van der Waals surface area contributed by atoms with E-state index in [1.165, 1.54) is 0 Å². The fraction of sp³-hybridized carbons (Fsp3) is 0.625. The standard InChI is InChI=1S/C16H21F3N6O/c1-15(2,3)13-20-10(9-26-4)7-11(21-13)24-5-6-25-12(8-24)22-23-14(25)16(17,18)19/h7H,5-6,8-9H2,1-4H3. The second-order valence-electron chi connectivity index (χ2n) is 7.23. The van der Waals surface area contributed by atoms with Crippen molar-refractivity contribution in [3.05, 3.63) is 29.2 Å². The minimum absolute atomic E-state index is 0.144. The summed E-state index contributed by atoms with van der Waals surface area (Å²) in [6.07, 6.45) is -4.51. The lowest BCUT2D eigenvalue weighted by atomic mass is 9.95. The largest absolute Gasteiger partial charge is 0.451 e. The molecule has 0 bridgehead atoms. The van der Waals surface area contributed by atoms with Crippen LogP contribution in [0, 0.1) is 0 Å². The number of nitrogens with zero attached hydrogens (tertiary/aromatic N) is 6. The third-order valence-electron chi connectivity index (χ3n) is 4.06. The molecule has 7 nitrogen and oxygen atoms in total. The van der Waals surface area contributed by atoms with E-state index in [1.54, 1.807) is 13.2 Å². The Balaban J connectivity index is 1.93. The quantitative estimate of drug-likeness (QED) is 0.827. The number of fused-ring (bicyclic) bond motifs is 1. The fourth-order valence-electron chi connectivity index (χ4n) is 2.77. The lowest BCUT2D eigenvalue weighted by Crippen LogP contribution is -2.36. The van der Waals surface area contributed by atoms with Gasteiger partial charge in [-0.2, -0.15) is 13.2 Å². The number of hydrogen-bond acceptors (Lipinski definition) is 6. The molecule has 26 heavy (non-hydrogen) atoms. The Morgan fingerprint density at radius 1 is 1.12 bits per heavy atom. The fourth-order valence-corrected chi connectivity index (χ4v) is 2.77. The SMILES string of the molecule is COCc1cc(N2CCn3c(nnc3C(F)(F)F)C2)nc(C(C)(C)C)n1. The van der Waals surface area contributed by atoms with E-state index in [9.17, 15) is 13.2 Å². The summed E-state index contributed by atoms with van der Waals surface area (Å²) in [5.41, 5.74) is 0.461. The molecule has 0 saturated carbocycles. The first-order chi connectivity index (χ1) is 12.1. The molecule has 10 heteroatoms. The summed E-state index contributed by atoms with van der Waals surface area (Å²) in [5.74, 6) is 0.628. The van der Waals surface area contributed by atoms with Crippen molar-refractivity contribution in [1.29, 1.82) is 0 Å². The number of methoxy groups -OCH3 is 1. The Kier molecular flexibility index (Phi) is 4.63. The van der Waals surface area contributed by atoms with Crippen LogP contribution in [0.3, 0.4) is 0 Å². The van der Waals surface area contributed by atoms with Crippen molar-refractivity contribution in [3.63, 3.8) is 0 Å². The summed E-state index contributed by atoms with van der Waals surface area (Å²) in [6, 6.07) is 1.80. The average molecular weight is 370 g/mol. The second-order valence-corrected chi connectivity index (χ2v) is 7.23. The van der Waals surface area contributed by atoms with Crippen molar-refractivity contribution in [1.82, 2.24) is 24.7 Å². The summed E-state index contributed by atoms with van der Waals surface area (Å²) < 4.78 is 45.2. The Hall–Kier alpha value is -2.23. The van der Waals surface area contributed by atoms with E-state index in [-0.39, 0.29) is 24.3 Å². The van der Waals surface area contributed by atoms with Crippen molar-refractivity contribution in [2.24, 2.45) is 0 Å². The summed E-state index contributed by atoms with van der Waals surface area (Å²) in [5, 5.41) is 7.02. The van der Waals surface area contributed by atoms with Crippen molar-refractivity contribution >= 4 is 5.82 Å². The molecule has 0 amide bonds. The Labute approximate surface area is 149 Å². The third-order valence-corrected chi connectivity index (χ3v) is 4.06. The van der Waals surface area contributed by atoms with Gasteiger partial charge in [0, 0.05) is 31.7 Å². The average Bonchev–Trinajstić information content (AvgIpc) is 2.97. The summed E-state index contributed by atoms with van der Waals surface area (Å²) in [7, 11) is 1.58. The van der Waals surface area contributed by atoms with Gasteiger partial charge in [-0.3, -0.25) is 0 Å². The number of rotatable bonds is 3. The van der Waals surface area contributed by atoms with Gasteiger partial charge in [-0.25, -0.2) is 9.97 Å². The van der Waals surface area contributed by atoms with Gasteiger partial charge in [0.15, 0.2) is 5.82 Å². The first-order valence-electron chi connectivity index (χ1n) is 8.21. The van der Waals surface area contributed by atoms with E-state index >= 15 is 0 Å². The molecule has 0 fully saturated rings. The number of aromatic nitrogens is 5. The highest BCUT2D eigenvalue weighted by Crippen LogP contribution is 2.30. The Morgan fingerprint density at radius 3 is 2.46 bits per heavy atom. The molecule has 0 radical (unpaired) electrons. The smallest absolute Gasteiger partial charge is 0.378 e. The van der Waals surface area contributed by atoms with Gasteiger partial charge in [0.25, 0.3) is 0 Å². The maximum atomic E-state index is 13.0. The molecular weight excluding hydrogens is 349 g/mol. The molecule has 2 aromatic rings. The third kappa shape index (κ3) is 3.64. The van der Waals surface area contributed by atoms with E-state index in [2.05, 4.69) is 20.2 Å². The zero-order chi connectivity index (χ0) is 19.1. The topological polar surface area (TPSA) is 69.0 Å². The summed E-state index contributed by atoms with van der Waals surface area (Å²) in [4.78, 5) is 11.0. The van der Waals surface area contributed by atoms with Crippen molar-refractivity contribution in [3.8, 4) is 0 Å². The molecule has 2 aromatic heterocycles. The number of ether oxygens (including phenoxy) is 1. The van der Waals surface area contributed by atoms with Crippen molar-refractivity contribution in [2.45, 2.75) is 52.1 Å². The molecule has 142 valence electrons. The second kappa shape index (κ2) is 6.49. The van der Waals surface area contributed by atoms with Crippen LogP contribution in [-0.2, 0) is 36.0 Å². The lowest BCUT2D eigenvalue weighted by molar-refractivity contribution is -0.147. The molecule has 3 rings (SSSR count). The van der Waals surface area contributed by atoms with E-state index in [0.717, 1.165) is 10.3 Å². The van der Waals surface area contributed by atoms with E-state index in [4.69, 9.17) is 4.74 Å². The van der Waals surface area contributed by atoms with Crippen LogP contribution in [0.1, 0.15) is 43.9 Å². The number of hydrogen-bond donors (Lipinski definition) is 0. The van der Waals surface area contributed by atoms with Gasteiger partial charge < -0.3 is 14.2 Å². The minimum Gasteiger partial charge on any atom is -0.378 e. The van der Waals surface area contributed by atoms with Gasteiger partial charge in [-0.15, -0.1) is 10.2 Å². The van der Waals surface area contributed by atoms with Crippen molar-refractivity contribution in [2.75, 3.05) is 18.6 Å². The Bertz CT molecular complexity index is 796. The molecule has 0 saturated heterocycles. The molecule has 1 aliphatic rings. The first-order valence-corrected chi connectivity index (χ1v) is 8.21. The Morgan fingerprint density at radius 2 is 1.85 bits per heavy atom. The van der Waals surface area contributed by atoms with Crippen LogP contribution in [-0.4, -0.2) is 38.4 Å². The predicted molar refractivity (Wildman–Crippen MR) is 87.5 cm³/mol. The molecule has 3 heterocycles. The maximum absolute atomic E-state index is 13.0. The van der Waals surface area contributed by atoms with Crippen LogP contribution < -0.4 is 4.90 Å². The van der Waals surface area contributed by atoms with Gasteiger partial charge in [-0.05, 0) is 0 Å². The van der Waals surface area contributed by atoms with Crippen LogP contribution in [0.4, 0.5) is 19.0 Å². The number of anilines is 1. The summed E-state index contributed by atoms with van der Waals surface area (Å²) in [6.45, 7) is 7.07. The number of alkyl halides is 3. The van der Waals surface area contributed by atoms with Gasteiger partial charge in [-0.1, -0.05) is 20.8 Å². The molecule has 0 atom stereocenters. The van der Waals surface area contributed by atoms with Gasteiger partial charge >= 0.3 is 6.18 Å². The molecule has 1 aliphatic heterocycles. The van der Waals surface area contributed by atoms with Gasteiger partial charge in [0.05, 0.1) is 18.8 Å². The normalized spacial score (nSPS) is 15.3. The van der Waals surface area contributed by atoms with Gasteiger partial charge in [0.1, 0.15) is 11.6 Å². The lowest BCUT2D eigenvalue weighted by Gasteiger charge is -2.30. The van der Waals surface area contributed by atoms with E-state index < -0.39 is 12.0 Å². The van der Waals surface area contributed by atoms with Crippen LogP contribution >= 0.6 is 0 Å². The van der Waals surface area contributed by atoms with E-state index in [1.807, 2.05) is 25.7 Å². The molecular formula is C16H21F3N6O. The van der Waals surface area contributed by atoms with Crippen molar-refractivity contribution < 1.29 is 17.9 Å². The highest BCUT2D eigenvalue weighted by molar-refractivity contribution is 5.41. The molecule has 0 aliphatic carbocycles. The molecule has 0 aromatic carbocycles. The zero-order valence-electron chi connectivity index (χ0n) is 15.1. The molecule has 0 unspecified atom stereocenters. The van der Waals surface area contributed by atoms with Crippen LogP contribution in [0.2, 0.25) is 0 Å². The predicted octanol–water partition coefficient (Wildman–Crippen LogP) is 2.55. The monoisotopic (exact) mass is 370 g/mol. The zero-order valence-corrected chi connectivity index (χ0v) is 15.1. The first kappa shape index (κ1) is 18.6.